The standard InChI is InChI=1S/C9H11FO/c1-9(2,11)7-4-3-5-8(10)6-7/h3-6,11H,1-2H3. The lowest BCUT2D eigenvalue weighted by atomic mass is 9.99. The summed E-state index contributed by atoms with van der Waals surface area (Å²) in [6.45, 7) is 3.25. The van der Waals surface area contributed by atoms with Crippen molar-refractivity contribution in [1.82, 2.24) is 0 Å². The Morgan fingerprint density at radius 2 is 2.00 bits per heavy atom. The number of hydrogen-bond acceptors (Lipinski definition) is 1. The highest BCUT2D eigenvalue weighted by Gasteiger charge is 2.15. The van der Waals surface area contributed by atoms with E-state index in [9.17, 15) is 9.50 Å². The quantitative estimate of drug-likeness (QED) is 0.656. The average molecular weight is 154 g/mol. The predicted molar refractivity (Wildman–Crippen MR) is 41.6 cm³/mol. The van der Waals surface area contributed by atoms with E-state index in [0.29, 0.717) is 5.56 Å². The Labute approximate surface area is 65.5 Å². The van der Waals surface area contributed by atoms with Crippen molar-refractivity contribution in [2.45, 2.75) is 19.4 Å². The van der Waals surface area contributed by atoms with Gasteiger partial charge in [-0.3, -0.25) is 0 Å². The molecule has 0 radical (unpaired) electrons. The van der Waals surface area contributed by atoms with Crippen molar-refractivity contribution in [1.29, 1.82) is 0 Å². The van der Waals surface area contributed by atoms with Gasteiger partial charge in [0.05, 0.1) is 5.60 Å². The first-order chi connectivity index (χ1) is 5.00. The van der Waals surface area contributed by atoms with Crippen LogP contribution in [0.25, 0.3) is 0 Å². The zero-order valence-corrected chi connectivity index (χ0v) is 6.63. The minimum Gasteiger partial charge on any atom is -0.386 e. The predicted octanol–water partition coefficient (Wildman–Crippen LogP) is 2.05. The van der Waals surface area contributed by atoms with E-state index in [2.05, 4.69) is 0 Å². The fourth-order valence-corrected chi connectivity index (χ4v) is 0.869. The average Bonchev–Trinajstić information content (AvgIpc) is 1.86. The van der Waals surface area contributed by atoms with E-state index in [-0.39, 0.29) is 5.82 Å². The Hall–Kier alpha value is -0.890. The van der Waals surface area contributed by atoms with Crippen LogP contribution in [-0.4, -0.2) is 5.11 Å². The minimum atomic E-state index is -0.956. The van der Waals surface area contributed by atoms with Gasteiger partial charge in [0, 0.05) is 0 Å². The van der Waals surface area contributed by atoms with Crippen LogP contribution < -0.4 is 0 Å². The first-order valence-electron chi connectivity index (χ1n) is 3.48. The van der Waals surface area contributed by atoms with Crippen LogP contribution in [-0.2, 0) is 5.60 Å². The number of rotatable bonds is 1. The molecule has 0 atom stereocenters. The summed E-state index contributed by atoms with van der Waals surface area (Å²) in [5.41, 5.74) is -0.361. The van der Waals surface area contributed by atoms with Gasteiger partial charge in [-0.2, -0.15) is 0 Å². The second-order valence-electron chi connectivity index (χ2n) is 3.07. The van der Waals surface area contributed by atoms with Crippen LogP contribution in [0.2, 0.25) is 0 Å². The Bertz CT molecular complexity index is 250. The van der Waals surface area contributed by atoms with Gasteiger partial charge >= 0.3 is 0 Å². The number of halogens is 1. The summed E-state index contributed by atoms with van der Waals surface area (Å²) < 4.78 is 12.6. The van der Waals surface area contributed by atoms with Crippen molar-refractivity contribution in [3.05, 3.63) is 35.6 Å². The third-order valence-electron chi connectivity index (χ3n) is 1.53. The molecular formula is C9H11FO. The molecule has 1 N–H and O–H groups in total. The molecule has 0 aliphatic heterocycles. The van der Waals surface area contributed by atoms with Gasteiger partial charge in [-0.15, -0.1) is 0 Å². The van der Waals surface area contributed by atoms with Crippen LogP contribution in [0, 0.1) is 5.82 Å². The normalized spacial score (nSPS) is 11.6. The van der Waals surface area contributed by atoms with E-state index in [4.69, 9.17) is 0 Å². The molecule has 0 saturated carbocycles. The van der Waals surface area contributed by atoms with Gasteiger partial charge in [-0.1, -0.05) is 12.1 Å². The first kappa shape index (κ1) is 8.21. The van der Waals surface area contributed by atoms with Crippen molar-refractivity contribution in [2.75, 3.05) is 0 Å². The largest absolute Gasteiger partial charge is 0.386 e. The zero-order chi connectivity index (χ0) is 8.48. The Balaban J connectivity index is 3.06. The molecule has 0 spiro atoms. The molecule has 0 aromatic heterocycles. The minimum absolute atomic E-state index is 0.315. The van der Waals surface area contributed by atoms with Crippen LogP contribution in [0.3, 0.4) is 0 Å². The fourth-order valence-electron chi connectivity index (χ4n) is 0.869. The molecule has 0 amide bonds. The molecule has 1 rings (SSSR count). The van der Waals surface area contributed by atoms with Crippen molar-refractivity contribution >= 4 is 0 Å². The fraction of sp³-hybridized carbons (Fsp3) is 0.333. The topological polar surface area (TPSA) is 20.2 Å². The van der Waals surface area contributed by atoms with E-state index in [0.717, 1.165) is 0 Å². The maximum Gasteiger partial charge on any atom is 0.123 e. The monoisotopic (exact) mass is 154 g/mol. The molecule has 0 bridgehead atoms. The van der Waals surface area contributed by atoms with Gasteiger partial charge in [-0.25, -0.2) is 4.39 Å². The lowest BCUT2D eigenvalue weighted by Crippen LogP contribution is -2.15. The molecule has 1 aromatic carbocycles. The summed E-state index contributed by atoms with van der Waals surface area (Å²) >= 11 is 0. The van der Waals surface area contributed by atoms with Crippen molar-refractivity contribution in [2.24, 2.45) is 0 Å². The third kappa shape index (κ3) is 2.02. The molecule has 0 aliphatic carbocycles. The number of aliphatic hydroxyl groups is 1. The van der Waals surface area contributed by atoms with Gasteiger partial charge < -0.3 is 5.11 Å². The Morgan fingerprint density at radius 3 is 2.36 bits per heavy atom. The van der Waals surface area contributed by atoms with E-state index >= 15 is 0 Å². The second kappa shape index (κ2) is 2.62. The SMILES string of the molecule is CC(C)(O)c1cccc(F)c1. The Kier molecular flexibility index (Phi) is 1.96. The van der Waals surface area contributed by atoms with E-state index in [1.165, 1.54) is 12.1 Å². The maximum absolute atomic E-state index is 12.6. The van der Waals surface area contributed by atoms with Gasteiger partial charge in [0.2, 0.25) is 0 Å². The molecule has 0 aliphatic rings. The van der Waals surface area contributed by atoms with Crippen LogP contribution in [0.1, 0.15) is 19.4 Å². The van der Waals surface area contributed by atoms with Crippen molar-refractivity contribution in [3.63, 3.8) is 0 Å². The molecule has 1 aromatic rings. The molecule has 0 fully saturated rings. The molecular weight excluding hydrogens is 143 g/mol. The lowest BCUT2D eigenvalue weighted by molar-refractivity contribution is 0.0782. The smallest absolute Gasteiger partial charge is 0.123 e. The van der Waals surface area contributed by atoms with Crippen molar-refractivity contribution in [3.8, 4) is 0 Å². The summed E-state index contributed by atoms with van der Waals surface area (Å²) in [5, 5.41) is 9.45. The summed E-state index contributed by atoms with van der Waals surface area (Å²) in [6.07, 6.45) is 0. The second-order valence-corrected chi connectivity index (χ2v) is 3.07. The van der Waals surface area contributed by atoms with Gasteiger partial charge in [0.15, 0.2) is 0 Å². The highest BCUT2D eigenvalue weighted by molar-refractivity contribution is 5.21. The number of benzene rings is 1. The molecule has 0 saturated heterocycles. The molecule has 0 heterocycles. The highest BCUT2D eigenvalue weighted by atomic mass is 19.1. The van der Waals surface area contributed by atoms with Crippen molar-refractivity contribution < 1.29 is 9.50 Å². The zero-order valence-electron chi connectivity index (χ0n) is 6.63. The van der Waals surface area contributed by atoms with E-state index < -0.39 is 5.60 Å². The van der Waals surface area contributed by atoms with E-state index in [1.807, 2.05) is 0 Å². The van der Waals surface area contributed by atoms with Crippen LogP contribution >= 0.6 is 0 Å². The molecule has 11 heavy (non-hydrogen) atoms. The summed E-state index contributed by atoms with van der Waals surface area (Å²) in [5.74, 6) is -0.315. The van der Waals surface area contributed by atoms with Crippen LogP contribution in [0.15, 0.2) is 24.3 Å². The highest BCUT2D eigenvalue weighted by Crippen LogP contribution is 2.19. The van der Waals surface area contributed by atoms with E-state index in [1.54, 1.807) is 26.0 Å². The lowest BCUT2D eigenvalue weighted by Gasteiger charge is -2.17. The first-order valence-corrected chi connectivity index (χ1v) is 3.48. The molecule has 1 nitrogen and oxygen atoms in total. The van der Waals surface area contributed by atoms with Crippen LogP contribution in [0.4, 0.5) is 4.39 Å². The molecule has 0 unspecified atom stereocenters. The van der Waals surface area contributed by atoms with Crippen LogP contribution in [0.5, 0.6) is 0 Å². The maximum atomic E-state index is 12.6. The number of hydrogen-bond donors (Lipinski definition) is 1. The third-order valence-corrected chi connectivity index (χ3v) is 1.53. The summed E-state index contributed by atoms with van der Waals surface area (Å²) in [4.78, 5) is 0. The molecule has 60 valence electrons. The van der Waals surface area contributed by atoms with Gasteiger partial charge in [0.1, 0.15) is 5.82 Å². The van der Waals surface area contributed by atoms with Gasteiger partial charge in [0.25, 0.3) is 0 Å². The molecule has 2 heteroatoms. The summed E-state index contributed by atoms with van der Waals surface area (Å²) in [7, 11) is 0. The van der Waals surface area contributed by atoms with Gasteiger partial charge in [-0.05, 0) is 31.5 Å². The summed E-state index contributed by atoms with van der Waals surface area (Å²) in [6, 6.07) is 5.97. The Morgan fingerprint density at radius 1 is 1.36 bits per heavy atom.